The lowest BCUT2D eigenvalue weighted by molar-refractivity contribution is -0.140. The number of carbonyl (C=O) groups excluding carboxylic acids is 1. The van der Waals surface area contributed by atoms with E-state index in [1.165, 1.54) is 6.33 Å². The van der Waals surface area contributed by atoms with Gasteiger partial charge in [0, 0.05) is 0 Å². The number of nitrogens with zero attached hydrogens (tertiary/aromatic N) is 4. The number of rotatable bonds is 3. The van der Waals surface area contributed by atoms with Gasteiger partial charge in [0.05, 0.1) is 18.5 Å². The monoisotopic (exact) mass is 277 g/mol. The zero-order valence-electron chi connectivity index (χ0n) is 10.9. The van der Waals surface area contributed by atoms with Crippen LogP contribution in [0.2, 0.25) is 0 Å². The lowest BCUT2D eigenvalue weighted by Crippen LogP contribution is -2.40. The Morgan fingerprint density at radius 1 is 1.65 bits per heavy atom. The predicted octanol–water partition coefficient (Wildman–Crippen LogP) is -0.266. The molecular formula is C12H15N5O3. The van der Waals surface area contributed by atoms with Crippen LogP contribution in [0.15, 0.2) is 12.5 Å². The van der Waals surface area contributed by atoms with E-state index in [4.69, 9.17) is 10.5 Å². The van der Waals surface area contributed by atoms with Crippen molar-refractivity contribution >= 4 is 17.8 Å². The van der Waals surface area contributed by atoms with Crippen molar-refractivity contribution in [1.82, 2.24) is 19.6 Å². The molecule has 1 aliphatic heterocycles. The molecule has 0 aromatic carbocycles. The van der Waals surface area contributed by atoms with Gasteiger partial charge in [-0.3, -0.25) is 0 Å². The molecule has 1 fully saturated rings. The second kappa shape index (κ2) is 4.50. The molecule has 8 heteroatoms. The third-order valence-corrected chi connectivity index (χ3v) is 3.90. The number of aliphatic hydroxyl groups is 1. The van der Waals surface area contributed by atoms with E-state index >= 15 is 0 Å². The maximum absolute atomic E-state index is 11.3. The molecule has 2 aromatic heterocycles. The Kier molecular flexibility index (Phi) is 2.91. The number of imidazole rings is 1. The number of fused-ring (bicyclic) bond motifs is 1. The summed E-state index contributed by atoms with van der Waals surface area (Å²) >= 11 is 0. The molecule has 2 aromatic rings. The lowest BCUT2D eigenvalue weighted by atomic mass is 9.90. The van der Waals surface area contributed by atoms with Crippen molar-refractivity contribution < 1.29 is 14.6 Å². The van der Waals surface area contributed by atoms with Crippen molar-refractivity contribution in [3.63, 3.8) is 0 Å². The van der Waals surface area contributed by atoms with Crippen LogP contribution in [-0.2, 0) is 9.53 Å². The van der Waals surface area contributed by atoms with Crippen LogP contribution in [0.1, 0.15) is 25.1 Å². The van der Waals surface area contributed by atoms with Crippen molar-refractivity contribution in [2.45, 2.75) is 25.0 Å². The first-order valence-corrected chi connectivity index (χ1v) is 6.30. The van der Waals surface area contributed by atoms with Gasteiger partial charge in [0.1, 0.15) is 18.0 Å². The molecule has 0 spiro atoms. The third kappa shape index (κ3) is 1.69. The first-order chi connectivity index (χ1) is 9.61. The maximum atomic E-state index is 11.3. The van der Waals surface area contributed by atoms with E-state index in [0.717, 1.165) is 0 Å². The zero-order valence-corrected chi connectivity index (χ0v) is 10.9. The Hall–Kier alpha value is -2.06. The molecule has 3 N–H and O–H groups in total. The summed E-state index contributed by atoms with van der Waals surface area (Å²) in [6, 6.07) is 0. The summed E-state index contributed by atoms with van der Waals surface area (Å²) < 4.78 is 7.33. The molecule has 0 unspecified atom stereocenters. The van der Waals surface area contributed by atoms with Crippen LogP contribution in [0, 0.1) is 5.92 Å². The van der Waals surface area contributed by atoms with E-state index < -0.39 is 5.60 Å². The second-order valence-electron chi connectivity index (χ2n) is 5.04. The van der Waals surface area contributed by atoms with Crippen LogP contribution in [0.5, 0.6) is 0 Å². The summed E-state index contributed by atoms with van der Waals surface area (Å²) in [5.74, 6) is 0.181. The Bertz CT molecular complexity index is 658. The molecule has 3 atom stereocenters. The highest BCUT2D eigenvalue weighted by Gasteiger charge is 2.47. The van der Waals surface area contributed by atoms with Crippen molar-refractivity contribution in [2.75, 3.05) is 12.3 Å². The smallest absolute Gasteiger partial charge is 0.196 e. The minimum Gasteiger partial charge on any atom is -0.393 e. The molecule has 0 saturated carbocycles. The molecule has 0 radical (unpaired) electrons. The van der Waals surface area contributed by atoms with Crippen molar-refractivity contribution in [3.05, 3.63) is 18.2 Å². The molecule has 3 rings (SSSR count). The molecule has 1 saturated heterocycles. The van der Waals surface area contributed by atoms with Gasteiger partial charge in [-0.15, -0.1) is 0 Å². The normalized spacial score (nSPS) is 29.9. The van der Waals surface area contributed by atoms with Crippen LogP contribution < -0.4 is 5.73 Å². The molecule has 0 amide bonds. The summed E-state index contributed by atoms with van der Waals surface area (Å²) in [7, 11) is 0. The van der Waals surface area contributed by atoms with Gasteiger partial charge in [0.2, 0.25) is 0 Å². The highest BCUT2D eigenvalue weighted by molar-refractivity contribution is 5.64. The highest BCUT2D eigenvalue weighted by atomic mass is 16.5. The van der Waals surface area contributed by atoms with E-state index in [1.807, 2.05) is 6.92 Å². The van der Waals surface area contributed by atoms with E-state index in [-0.39, 0.29) is 24.4 Å². The van der Waals surface area contributed by atoms with E-state index in [9.17, 15) is 9.90 Å². The lowest BCUT2D eigenvalue weighted by Gasteiger charge is -2.24. The molecular weight excluding hydrogens is 262 g/mol. The first-order valence-electron chi connectivity index (χ1n) is 6.30. The van der Waals surface area contributed by atoms with E-state index in [2.05, 4.69) is 15.1 Å². The van der Waals surface area contributed by atoms with Gasteiger partial charge in [0.15, 0.2) is 17.8 Å². The fourth-order valence-corrected chi connectivity index (χ4v) is 2.58. The Labute approximate surface area is 114 Å². The number of hydrogen-bond acceptors (Lipinski definition) is 7. The fraction of sp³-hybridized carbons (Fsp3) is 0.500. The number of aliphatic hydroxyl groups excluding tert-OH is 1. The number of hydrogen-bond donors (Lipinski definition) is 2. The van der Waals surface area contributed by atoms with Gasteiger partial charge in [-0.05, 0) is 12.3 Å². The number of nitrogen functional groups attached to an aromatic ring is 1. The summed E-state index contributed by atoms with van der Waals surface area (Å²) in [5.41, 5.74) is 5.71. The molecule has 1 aliphatic rings. The number of nitrogens with two attached hydrogens (primary N) is 1. The van der Waals surface area contributed by atoms with Gasteiger partial charge in [-0.1, -0.05) is 6.92 Å². The predicted molar refractivity (Wildman–Crippen MR) is 68.7 cm³/mol. The summed E-state index contributed by atoms with van der Waals surface area (Å²) in [6.07, 6.45) is 3.84. The number of aromatic nitrogens is 4. The molecule has 0 aliphatic carbocycles. The van der Waals surface area contributed by atoms with Gasteiger partial charge in [0.25, 0.3) is 0 Å². The fourth-order valence-electron chi connectivity index (χ4n) is 2.58. The Morgan fingerprint density at radius 3 is 3.10 bits per heavy atom. The number of ether oxygens (including phenoxy) is 1. The van der Waals surface area contributed by atoms with E-state index in [1.54, 1.807) is 10.7 Å². The van der Waals surface area contributed by atoms with Gasteiger partial charge in [-0.25, -0.2) is 14.5 Å². The summed E-state index contributed by atoms with van der Waals surface area (Å²) in [4.78, 5) is 19.3. The topological polar surface area (TPSA) is 116 Å². The number of anilines is 1. The average Bonchev–Trinajstić information content (AvgIpc) is 3.01. The zero-order chi connectivity index (χ0) is 14.3. The Morgan fingerprint density at radius 2 is 2.45 bits per heavy atom. The minimum atomic E-state index is -1.16. The van der Waals surface area contributed by atoms with Crippen LogP contribution in [0.25, 0.3) is 5.65 Å². The van der Waals surface area contributed by atoms with Gasteiger partial charge in [-0.2, -0.15) is 5.10 Å². The van der Waals surface area contributed by atoms with Crippen LogP contribution >= 0.6 is 0 Å². The van der Waals surface area contributed by atoms with Crippen molar-refractivity contribution in [2.24, 2.45) is 5.92 Å². The summed E-state index contributed by atoms with van der Waals surface area (Å²) in [6.45, 7) is 1.53. The maximum Gasteiger partial charge on any atom is 0.196 e. The van der Waals surface area contributed by atoms with Crippen LogP contribution in [0.4, 0.5) is 5.82 Å². The standard InChI is InChI=1S/C12H15N5O3/c1-7-2-9(20-12(7,4-18)5-19)8-3-14-11-10(13)15-6-16-17(8)11/h3-4,6-7,9,19H,2,5H2,1H3,(H2,13,15,16)/t7-,9+,12+/m0/s1. The number of aldehydes is 1. The summed E-state index contributed by atoms with van der Waals surface area (Å²) in [5, 5.41) is 13.5. The first kappa shape index (κ1) is 12.9. The van der Waals surface area contributed by atoms with Crippen molar-refractivity contribution in [1.29, 1.82) is 0 Å². The van der Waals surface area contributed by atoms with Gasteiger partial charge >= 0.3 is 0 Å². The molecule has 0 bridgehead atoms. The van der Waals surface area contributed by atoms with Crippen molar-refractivity contribution in [3.8, 4) is 0 Å². The minimum absolute atomic E-state index is 0.0975. The van der Waals surface area contributed by atoms with Gasteiger partial charge < -0.3 is 20.4 Å². The van der Waals surface area contributed by atoms with E-state index in [0.29, 0.717) is 24.0 Å². The second-order valence-corrected chi connectivity index (χ2v) is 5.04. The highest BCUT2D eigenvalue weighted by Crippen LogP contribution is 2.42. The quantitative estimate of drug-likeness (QED) is 0.742. The molecule has 8 nitrogen and oxygen atoms in total. The average molecular weight is 277 g/mol. The largest absolute Gasteiger partial charge is 0.393 e. The SMILES string of the molecule is C[C@H]1C[C@H](c2cnc3c(N)ncnn23)O[C@]1(C=O)CO. The Balaban J connectivity index is 2.01. The molecule has 3 heterocycles. The third-order valence-electron chi connectivity index (χ3n) is 3.90. The van der Waals surface area contributed by atoms with Crippen LogP contribution in [-0.4, -0.2) is 43.2 Å². The number of carbonyl (C=O) groups is 1. The van der Waals surface area contributed by atoms with Crippen LogP contribution in [0.3, 0.4) is 0 Å². The molecule has 20 heavy (non-hydrogen) atoms. The molecule has 106 valence electrons.